The number of thiophene rings is 4. The van der Waals surface area contributed by atoms with Gasteiger partial charge in [-0.05, 0) is 77.4 Å². The molecule has 3 nitrogen and oxygen atoms in total. The minimum atomic E-state index is -0.310. The number of Topliss-reactive ketones (excluding diaryl/α,β-unsaturated/α-hetero) is 3. The number of ketones is 3. The molecule has 0 aliphatic heterocycles. The summed E-state index contributed by atoms with van der Waals surface area (Å²) < 4.78 is 4.69. The maximum atomic E-state index is 13.4. The predicted octanol–water partition coefficient (Wildman–Crippen LogP) is 8.38. The minimum absolute atomic E-state index is 0.108. The summed E-state index contributed by atoms with van der Waals surface area (Å²) in [4.78, 5) is 41.9. The smallest absolute Gasteiger partial charge is 0.197 e. The van der Waals surface area contributed by atoms with Gasteiger partial charge in [0, 0.05) is 50.8 Å². The summed E-state index contributed by atoms with van der Waals surface area (Å²) in [6.45, 7) is 1.90. The number of allylic oxidation sites excluding steroid dienone is 4. The lowest BCUT2D eigenvalue weighted by Gasteiger charge is -2.02. The van der Waals surface area contributed by atoms with Crippen LogP contribution in [0.25, 0.3) is 36.5 Å². The van der Waals surface area contributed by atoms with Crippen LogP contribution in [-0.4, -0.2) is 17.3 Å². The highest BCUT2D eigenvalue weighted by atomic mass is 32.1. The largest absolute Gasteiger partial charge is 0.289 e. The summed E-state index contributed by atoms with van der Waals surface area (Å²) in [5, 5.41) is 4.09. The van der Waals surface area contributed by atoms with Crippen molar-refractivity contribution in [1.82, 2.24) is 0 Å². The molecule has 0 radical (unpaired) electrons. The molecule has 35 heavy (non-hydrogen) atoms. The number of benzene rings is 1. The van der Waals surface area contributed by atoms with Crippen LogP contribution in [0.1, 0.15) is 53.3 Å². The van der Waals surface area contributed by atoms with Gasteiger partial charge < -0.3 is 0 Å². The first-order valence-electron chi connectivity index (χ1n) is 10.9. The van der Waals surface area contributed by atoms with Crippen molar-refractivity contribution < 1.29 is 14.4 Å². The van der Waals surface area contributed by atoms with E-state index >= 15 is 0 Å². The fraction of sp³-hybridized carbons (Fsp3) is 0.0357. The number of hydrogen-bond donors (Lipinski definition) is 0. The zero-order valence-electron chi connectivity index (χ0n) is 18.2. The standard InChI is InChI=1S/C28H14O3S4/c1-2-15-16-11-19-20(28(31)21(27(19)30)8-14-10-25-23(35-14)4-6-33-25)12-18(16)26(29)17(15)7-13-9-24-22(34-13)3-5-32-24/h2-12H,1H3/b15-2+,17-7+,21-8-. The third-order valence-corrected chi connectivity index (χ3v) is 10.5. The Morgan fingerprint density at radius 3 is 1.60 bits per heavy atom. The van der Waals surface area contributed by atoms with Crippen molar-refractivity contribution >= 4 is 99.2 Å². The average molecular weight is 527 g/mol. The maximum Gasteiger partial charge on any atom is 0.197 e. The molecule has 0 amide bonds. The first kappa shape index (κ1) is 21.1. The number of carbonyl (C=O) groups is 3. The highest BCUT2D eigenvalue weighted by molar-refractivity contribution is 7.28. The van der Waals surface area contributed by atoms with Crippen LogP contribution in [0.3, 0.4) is 0 Å². The summed E-state index contributed by atoms with van der Waals surface area (Å²) >= 11 is 6.53. The van der Waals surface area contributed by atoms with E-state index in [1.165, 1.54) is 9.40 Å². The topological polar surface area (TPSA) is 51.2 Å². The normalized spacial score (nSPS) is 18.8. The van der Waals surface area contributed by atoms with Gasteiger partial charge in [-0.25, -0.2) is 0 Å². The van der Waals surface area contributed by atoms with Crippen LogP contribution < -0.4 is 0 Å². The van der Waals surface area contributed by atoms with Gasteiger partial charge in [0.05, 0.1) is 5.57 Å². The van der Waals surface area contributed by atoms with E-state index in [0.717, 1.165) is 30.3 Å². The lowest BCUT2D eigenvalue weighted by atomic mass is 9.99. The van der Waals surface area contributed by atoms with Gasteiger partial charge in [0.25, 0.3) is 0 Å². The number of hydrogen-bond acceptors (Lipinski definition) is 7. The fourth-order valence-corrected chi connectivity index (χ4v) is 8.90. The van der Waals surface area contributed by atoms with Gasteiger partial charge in [-0.2, -0.15) is 0 Å². The van der Waals surface area contributed by atoms with Crippen LogP contribution in [0, 0.1) is 0 Å². The Kier molecular flexibility index (Phi) is 4.60. The van der Waals surface area contributed by atoms with Gasteiger partial charge >= 0.3 is 0 Å². The Morgan fingerprint density at radius 1 is 0.571 bits per heavy atom. The van der Waals surface area contributed by atoms with Crippen molar-refractivity contribution in [2.45, 2.75) is 6.92 Å². The SMILES string of the molecule is C/C=C1/C(=C\c2cc3sccc3s2)C(=O)c2cc3c(cc21)C(=O)/C(=C/c1cc2sccc2s1)C3=O. The van der Waals surface area contributed by atoms with Crippen LogP contribution in [0.4, 0.5) is 0 Å². The van der Waals surface area contributed by atoms with E-state index in [4.69, 9.17) is 0 Å². The van der Waals surface area contributed by atoms with Gasteiger partial charge in [0.15, 0.2) is 17.3 Å². The summed E-state index contributed by atoms with van der Waals surface area (Å²) in [6, 6.07) is 11.6. The van der Waals surface area contributed by atoms with Gasteiger partial charge in [-0.1, -0.05) is 6.08 Å². The van der Waals surface area contributed by atoms with Crippen LogP contribution >= 0.6 is 45.3 Å². The van der Waals surface area contributed by atoms with Crippen LogP contribution in [0.2, 0.25) is 0 Å². The predicted molar refractivity (Wildman–Crippen MR) is 148 cm³/mol. The van der Waals surface area contributed by atoms with E-state index < -0.39 is 0 Å². The third-order valence-electron chi connectivity index (χ3n) is 6.38. The van der Waals surface area contributed by atoms with Crippen molar-refractivity contribution in [2.75, 3.05) is 0 Å². The molecule has 4 heterocycles. The van der Waals surface area contributed by atoms with Gasteiger partial charge in [-0.15, -0.1) is 45.3 Å². The van der Waals surface area contributed by atoms with E-state index in [1.54, 1.807) is 63.6 Å². The van der Waals surface area contributed by atoms with E-state index in [1.807, 2.05) is 36.6 Å². The lowest BCUT2D eigenvalue weighted by Crippen LogP contribution is -2.00. The Morgan fingerprint density at radius 2 is 1.06 bits per heavy atom. The molecule has 168 valence electrons. The second-order valence-corrected chi connectivity index (χ2v) is 12.5. The zero-order chi connectivity index (χ0) is 23.8. The van der Waals surface area contributed by atoms with Gasteiger partial charge in [-0.3, -0.25) is 14.4 Å². The third kappa shape index (κ3) is 3.09. The minimum Gasteiger partial charge on any atom is -0.289 e. The summed E-state index contributed by atoms with van der Waals surface area (Å²) in [7, 11) is 0. The van der Waals surface area contributed by atoms with Crippen LogP contribution in [0.5, 0.6) is 0 Å². The summed E-state index contributed by atoms with van der Waals surface area (Å²) in [6.07, 6.45) is 5.53. The molecule has 2 aliphatic carbocycles. The fourth-order valence-electron chi connectivity index (χ4n) is 4.77. The average Bonchev–Trinajstić information content (AvgIpc) is 3.65. The van der Waals surface area contributed by atoms with Crippen LogP contribution in [0.15, 0.2) is 64.4 Å². The Labute approximate surface area is 216 Å². The molecule has 0 bridgehead atoms. The molecule has 7 rings (SSSR count). The number of fused-ring (bicyclic) bond motifs is 4. The summed E-state index contributed by atoms with van der Waals surface area (Å²) in [5.41, 5.74) is 3.49. The molecular formula is C28H14O3S4. The molecule has 0 N–H and O–H groups in total. The Bertz CT molecular complexity index is 1800. The highest BCUT2D eigenvalue weighted by Gasteiger charge is 2.38. The molecule has 0 saturated heterocycles. The van der Waals surface area contributed by atoms with Crippen LogP contribution in [-0.2, 0) is 0 Å². The molecule has 0 fully saturated rings. The second kappa shape index (κ2) is 7.63. The van der Waals surface area contributed by atoms with E-state index in [9.17, 15) is 14.4 Å². The molecule has 0 unspecified atom stereocenters. The molecule has 1 aromatic carbocycles. The number of carbonyl (C=O) groups excluding carboxylic acids is 3. The molecule has 0 atom stereocenters. The van der Waals surface area contributed by atoms with E-state index in [-0.39, 0.29) is 22.9 Å². The van der Waals surface area contributed by atoms with Crippen molar-refractivity contribution in [3.8, 4) is 0 Å². The Hall–Kier alpha value is -3.23. The maximum absolute atomic E-state index is 13.4. The first-order chi connectivity index (χ1) is 17.0. The molecule has 0 spiro atoms. The second-order valence-electron chi connectivity index (χ2n) is 8.34. The molecule has 0 saturated carbocycles. The Balaban J connectivity index is 1.31. The molecular weight excluding hydrogens is 513 g/mol. The van der Waals surface area contributed by atoms with Crippen molar-refractivity contribution in [1.29, 1.82) is 0 Å². The molecule has 5 aromatic rings. The van der Waals surface area contributed by atoms with Gasteiger partial charge in [0.1, 0.15) is 0 Å². The first-order valence-corrected chi connectivity index (χ1v) is 14.3. The van der Waals surface area contributed by atoms with E-state index in [0.29, 0.717) is 22.3 Å². The number of rotatable bonds is 2. The monoisotopic (exact) mass is 526 g/mol. The highest BCUT2D eigenvalue weighted by Crippen LogP contribution is 2.43. The quantitative estimate of drug-likeness (QED) is 0.171. The zero-order valence-corrected chi connectivity index (χ0v) is 21.5. The molecule has 2 aliphatic rings. The van der Waals surface area contributed by atoms with Crippen molar-refractivity contribution in [3.05, 3.63) is 96.4 Å². The summed E-state index contributed by atoms with van der Waals surface area (Å²) in [5.74, 6) is -0.692. The lowest BCUT2D eigenvalue weighted by molar-refractivity contribution is 0.0989. The molecule has 4 aromatic heterocycles. The van der Waals surface area contributed by atoms with E-state index in [2.05, 4.69) is 17.5 Å². The van der Waals surface area contributed by atoms with Gasteiger partial charge in [0.2, 0.25) is 0 Å². The van der Waals surface area contributed by atoms with Crippen molar-refractivity contribution in [2.24, 2.45) is 0 Å². The van der Waals surface area contributed by atoms with Crippen molar-refractivity contribution in [3.63, 3.8) is 0 Å². The molecule has 7 heteroatoms.